The summed E-state index contributed by atoms with van der Waals surface area (Å²) >= 11 is 0. The van der Waals surface area contributed by atoms with E-state index >= 15 is 0 Å². The average Bonchev–Trinajstić information content (AvgIpc) is 3.11. The van der Waals surface area contributed by atoms with Crippen LogP contribution >= 0.6 is 0 Å². The largest absolute Gasteiger partial charge is 0.336 e. The number of halogens is 2. The molecule has 4 rings (SSSR count). The lowest BCUT2D eigenvalue weighted by Crippen LogP contribution is -2.52. The molecule has 0 bridgehead atoms. The van der Waals surface area contributed by atoms with Crippen molar-refractivity contribution < 1.29 is 18.4 Å². The van der Waals surface area contributed by atoms with Crippen LogP contribution in [0.5, 0.6) is 0 Å². The summed E-state index contributed by atoms with van der Waals surface area (Å²) in [6.45, 7) is 2.25. The van der Waals surface area contributed by atoms with Gasteiger partial charge in [0.15, 0.2) is 11.6 Å². The monoisotopic (exact) mass is 385 g/mol. The maximum absolute atomic E-state index is 13.4. The normalized spacial score (nSPS) is 17.1. The molecule has 2 aromatic carbocycles. The lowest BCUT2D eigenvalue weighted by atomic mass is 10.1. The Hall–Kier alpha value is -2.80. The topological polar surface area (TPSA) is 43.9 Å². The first-order chi connectivity index (χ1) is 13.5. The highest BCUT2D eigenvalue weighted by atomic mass is 19.2. The van der Waals surface area contributed by atoms with Crippen LogP contribution in [0.1, 0.15) is 11.1 Å². The van der Waals surface area contributed by atoms with Crippen LogP contribution in [0.3, 0.4) is 0 Å². The van der Waals surface area contributed by atoms with Crippen molar-refractivity contribution >= 4 is 17.5 Å². The first kappa shape index (κ1) is 18.6. The number of benzene rings is 2. The molecule has 28 heavy (non-hydrogen) atoms. The maximum atomic E-state index is 13.4. The van der Waals surface area contributed by atoms with Crippen LogP contribution in [0, 0.1) is 11.6 Å². The molecule has 1 saturated heterocycles. The molecule has 0 aliphatic carbocycles. The second-order valence-electron chi connectivity index (χ2n) is 7.20. The third-order valence-corrected chi connectivity index (χ3v) is 5.30. The minimum absolute atomic E-state index is 0.00759. The van der Waals surface area contributed by atoms with E-state index in [2.05, 4.69) is 0 Å². The minimum atomic E-state index is -0.917. The van der Waals surface area contributed by atoms with Crippen molar-refractivity contribution in [2.24, 2.45) is 0 Å². The number of fused-ring (bicyclic) bond motifs is 1. The van der Waals surface area contributed by atoms with Gasteiger partial charge in [-0.15, -0.1) is 0 Å². The van der Waals surface area contributed by atoms with E-state index in [1.54, 1.807) is 9.80 Å². The van der Waals surface area contributed by atoms with Crippen molar-refractivity contribution in [3.05, 3.63) is 65.2 Å². The number of anilines is 1. The van der Waals surface area contributed by atoms with Crippen molar-refractivity contribution in [3.63, 3.8) is 0 Å². The Balaban J connectivity index is 1.33. The number of amides is 2. The highest BCUT2D eigenvalue weighted by Gasteiger charge is 2.29. The fourth-order valence-electron chi connectivity index (χ4n) is 3.79. The van der Waals surface area contributed by atoms with Crippen molar-refractivity contribution in [1.29, 1.82) is 0 Å². The Morgan fingerprint density at radius 2 is 1.82 bits per heavy atom. The molecule has 0 spiro atoms. The summed E-state index contributed by atoms with van der Waals surface area (Å²) in [5.74, 6) is -1.95. The Morgan fingerprint density at radius 3 is 2.61 bits per heavy atom. The van der Waals surface area contributed by atoms with E-state index in [-0.39, 0.29) is 31.4 Å². The SMILES string of the molecule is O=C1CN(CC(=O)N2CCc3ccccc32)CCN1Cc1ccc(F)c(F)c1. The average molecular weight is 385 g/mol. The summed E-state index contributed by atoms with van der Waals surface area (Å²) in [6.07, 6.45) is 0.850. The number of carbonyl (C=O) groups excluding carboxylic acids is 2. The summed E-state index contributed by atoms with van der Waals surface area (Å²) in [4.78, 5) is 30.4. The van der Waals surface area contributed by atoms with Crippen molar-refractivity contribution in [2.45, 2.75) is 13.0 Å². The highest BCUT2D eigenvalue weighted by Crippen LogP contribution is 2.27. The molecule has 2 aromatic rings. The summed E-state index contributed by atoms with van der Waals surface area (Å²) < 4.78 is 26.4. The molecule has 146 valence electrons. The van der Waals surface area contributed by atoms with Crippen LogP contribution in [-0.4, -0.2) is 54.3 Å². The first-order valence-corrected chi connectivity index (χ1v) is 9.33. The van der Waals surface area contributed by atoms with E-state index in [0.29, 0.717) is 25.2 Å². The van der Waals surface area contributed by atoms with Crippen LogP contribution in [0.25, 0.3) is 0 Å². The van der Waals surface area contributed by atoms with Gasteiger partial charge in [-0.3, -0.25) is 14.5 Å². The first-order valence-electron chi connectivity index (χ1n) is 9.33. The van der Waals surface area contributed by atoms with Crippen LogP contribution in [0.15, 0.2) is 42.5 Å². The van der Waals surface area contributed by atoms with Gasteiger partial charge in [-0.25, -0.2) is 8.78 Å². The van der Waals surface area contributed by atoms with Gasteiger partial charge in [-0.05, 0) is 35.7 Å². The van der Waals surface area contributed by atoms with Crippen molar-refractivity contribution in [1.82, 2.24) is 9.80 Å². The van der Waals surface area contributed by atoms with Gasteiger partial charge in [0.05, 0.1) is 13.1 Å². The van der Waals surface area contributed by atoms with Crippen molar-refractivity contribution in [3.8, 4) is 0 Å². The molecule has 0 saturated carbocycles. The fourth-order valence-corrected chi connectivity index (χ4v) is 3.79. The summed E-state index contributed by atoms with van der Waals surface area (Å²) in [6, 6.07) is 11.5. The van der Waals surface area contributed by atoms with E-state index in [1.807, 2.05) is 29.2 Å². The Morgan fingerprint density at radius 1 is 1.00 bits per heavy atom. The van der Waals surface area contributed by atoms with E-state index in [9.17, 15) is 18.4 Å². The number of nitrogens with zero attached hydrogens (tertiary/aromatic N) is 3. The predicted molar refractivity (Wildman–Crippen MR) is 101 cm³/mol. The molecule has 2 amide bonds. The highest BCUT2D eigenvalue weighted by molar-refractivity contribution is 5.97. The minimum Gasteiger partial charge on any atom is -0.336 e. The zero-order valence-electron chi connectivity index (χ0n) is 15.4. The van der Waals surface area contributed by atoms with Crippen molar-refractivity contribution in [2.75, 3.05) is 37.6 Å². The standard InChI is InChI=1S/C21H21F2N3O2/c22-17-6-5-15(11-18(17)23)12-25-10-9-24(13-20(25)27)14-21(28)26-8-7-16-3-1-2-4-19(16)26/h1-6,11H,7-10,12-14H2. The second kappa shape index (κ2) is 7.67. The number of carbonyl (C=O) groups is 2. The molecule has 5 nitrogen and oxygen atoms in total. The molecule has 2 aliphatic rings. The lowest BCUT2D eigenvalue weighted by molar-refractivity contribution is -0.137. The second-order valence-corrected chi connectivity index (χ2v) is 7.20. The fraction of sp³-hybridized carbons (Fsp3) is 0.333. The molecular formula is C21H21F2N3O2. The quantitative estimate of drug-likeness (QED) is 0.811. The molecule has 7 heteroatoms. The molecule has 0 atom stereocenters. The predicted octanol–water partition coefficient (Wildman–Crippen LogP) is 2.20. The lowest BCUT2D eigenvalue weighted by Gasteiger charge is -2.34. The number of hydrogen-bond acceptors (Lipinski definition) is 3. The molecule has 0 aromatic heterocycles. The zero-order valence-corrected chi connectivity index (χ0v) is 15.4. The summed E-state index contributed by atoms with van der Waals surface area (Å²) in [7, 11) is 0. The summed E-state index contributed by atoms with van der Waals surface area (Å²) in [5.41, 5.74) is 2.67. The van der Waals surface area contributed by atoms with Gasteiger partial charge in [-0.2, -0.15) is 0 Å². The van der Waals surface area contributed by atoms with Crippen LogP contribution in [-0.2, 0) is 22.6 Å². The third kappa shape index (κ3) is 3.75. The Kier molecular flexibility index (Phi) is 5.09. The molecule has 0 N–H and O–H groups in total. The van der Waals surface area contributed by atoms with E-state index in [1.165, 1.54) is 11.6 Å². The van der Waals surface area contributed by atoms with Gasteiger partial charge in [0.25, 0.3) is 0 Å². The van der Waals surface area contributed by atoms with Gasteiger partial charge in [0, 0.05) is 31.9 Å². The molecular weight excluding hydrogens is 364 g/mol. The smallest absolute Gasteiger partial charge is 0.241 e. The van der Waals surface area contributed by atoms with Gasteiger partial charge >= 0.3 is 0 Å². The summed E-state index contributed by atoms with van der Waals surface area (Å²) in [5, 5.41) is 0. The number of para-hydroxylation sites is 1. The zero-order chi connectivity index (χ0) is 19.7. The number of piperazine rings is 1. The number of hydrogen-bond donors (Lipinski definition) is 0. The molecule has 2 heterocycles. The van der Waals surface area contributed by atoms with E-state index in [0.717, 1.165) is 24.2 Å². The molecule has 1 fully saturated rings. The van der Waals surface area contributed by atoms with Gasteiger partial charge in [0.2, 0.25) is 11.8 Å². The van der Waals surface area contributed by atoms with E-state index < -0.39 is 11.6 Å². The van der Waals surface area contributed by atoms with Crippen LogP contribution in [0.4, 0.5) is 14.5 Å². The third-order valence-electron chi connectivity index (χ3n) is 5.30. The maximum Gasteiger partial charge on any atom is 0.241 e. The van der Waals surface area contributed by atoms with Gasteiger partial charge in [0.1, 0.15) is 0 Å². The Labute approximate surface area is 162 Å². The van der Waals surface area contributed by atoms with Gasteiger partial charge < -0.3 is 9.80 Å². The van der Waals surface area contributed by atoms with Gasteiger partial charge in [-0.1, -0.05) is 24.3 Å². The van der Waals surface area contributed by atoms with E-state index in [4.69, 9.17) is 0 Å². The molecule has 0 radical (unpaired) electrons. The molecule has 0 unspecified atom stereocenters. The van der Waals surface area contributed by atoms with Crippen LogP contribution in [0.2, 0.25) is 0 Å². The van der Waals surface area contributed by atoms with Crippen LogP contribution < -0.4 is 4.90 Å². The Bertz CT molecular complexity index is 918. The number of rotatable bonds is 4. The molecule has 2 aliphatic heterocycles.